The van der Waals surface area contributed by atoms with E-state index in [0.717, 1.165) is 36.8 Å². The van der Waals surface area contributed by atoms with E-state index >= 15 is 0 Å². The van der Waals surface area contributed by atoms with E-state index in [9.17, 15) is 9.59 Å². The molecule has 0 aromatic rings. The van der Waals surface area contributed by atoms with Crippen molar-refractivity contribution in [2.24, 2.45) is 0 Å². The molecule has 0 atom stereocenters. The molecule has 316 valence electrons. The quantitative estimate of drug-likeness (QED) is 0.0902. The van der Waals surface area contributed by atoms with Crippen molar-refractivity contribution in [2.45, 2.75) is 81.1 Å². The Kier molecular flexibility index (Phi) is 25.6. The molecule has 0 bridgehead atoms. The number of carbonyl (C=O) groups excluding carboxylic acids is 2. The first-order valence-corrected chi connectivity index (χ1v) is 20.6. The maximum Gasteiger partial charge on any atom is 0.410 e. The molecular weight excluding hydrogens is 725 g/mol. The van der Waals surface area contributed by atoms with E-state index in [1.54, 1.807) is 9.80 Å². The molecule has 0 aliphatic carbocycles. The molecular formula is C50H70N2O6. The standard InChI is InChI=1S/C50H70N2O6/c1-41(19-11-21-43(3)23-13-25-45(5)27-15-29-47(7)39-57-49(53)51-31-35-55-36-32-51)17-9-10-18-42(2)20-12-22-44(4)24-14-26-46(6)28-16-30-48(8)40-58-50(54)52-33-37-56-38-34-52/h9-14,17-26,29-30H,15-16,27-28,31-40H2,1-8H3. The third kappa shape index (κ3) is 24.7. The average molecular weight is 795 g/mol. The molecule has 0 aromatic heterocycles. The maximum atomic E-state index is 12.1. The van der Waals surface area contributed by atoms with Crippen LogP contribution in [0.2, 0.25) is 0 Å². The predicted molar refractivity (Wildman–Crippen MR) is 242 cm³/mol. The zero-order chi connectivity index (χ0) is 42.4. The normalized spacial score (nSPS) is 17.9. The van der Waals surface area contributed by atoms with Crippen molar-refractivity contribution in [3.63, 3.8) is 0 Å². The van der Waals surface area contributed by atoms with Gasteiger partial charge in [0.15, 0.2) is 0 Å². The molecule has 0 spiro atoms. The molecule has 0 radical (unpaired) electrons. The van der Waals surface area contributed by atoms with E-state index in [4.69, 9.17) is 18.9 Å². The lowest BCUT2D eigenvalue weighted by Gasteiger charge is -2.26. The van der Waals surface area contributed by atoms with Crippen LogP contribution in [0, 0.1) is 0 Å². The number of hydrogen-bond donors (Lipinski definition) is 0. The lowest BCUT2D eigenvalue weighted by Crippen LogP contribution is -2.41. The van der Waals surface area contributed by atoms with E-state index in [0.29, 0.717) is 65.8 Å². The van der Waals surface area contributed by atoms with Gasteiger partial charge < -0.3 is 28.7 Å². The second-order valence-electron chi connectivity index (χ2n) is 15.0. The third-order valence-corrected chi connectivity index (χ3v) is 9.19. The van der Waals surface area contributed by atoms with Gasteiger partial charge in [0.1, 0.15) is 13.2 Å². The summed E-state index contributed by atoms with van der Waals surface area (Å²) in [5.74, 6) is 0. The Labute approximate surface area is 350 Å². The second kappa shape index (κ2) is 30.2. The number of rotatable bonds is 20. The number of allylic oxidation sites excluding steroid dienone is 24. The van der Waals surface area contributed by atoms with Crippen LogP contribution >= 0.6 is 0 Å². The van der Waals surface area contributed by atoms with Gasteiger partial charge in [0.2, 0.25) is 0 Å². The van der Waals surface area contributed by atoms with Crippen LogP contribution in [0.15, 0.2) is 154 Å². The van der Waals surface area contributed by atoms with Crippen LogP contribution in [0.1, 0.15) is 81.1 Å². The van der Waals surface area contributed by atoms with Gasteiger partial charge in [-0.3, -0.25) is 0 Å². The Morgan fingerprint density at radius 1 is 0.448 bits per heavy atom. The highest BCUT2D eigenvalue weighted by atomic mass is 16.6. The van der Waals surface area contributed by atoms with Gasteiger partial charge in [-0.2, -0.15) is 0 Å². The van der Waals surface area contributed by atoms with Crippen molar-refractivity contribution >= 4 is 12.2 Å². The molecule has 0 saturated carbocycles. The molecule has 2 rings (SSSR count). The summed E-state index contributed by atoms with van der Waals surface area (Å²) in [6.45, 7) is 22.0. The molecule has 2 aliphatic heterocycles. The van der Waals surface area contributed by atoms with E-state index in [2.05, 4.69) is 151 Å². The molecule has 2 saturated heterocycles. The highest BCUT2D eigenvalue weighted by Gasteiger charge is 2.18. The van der Waals surface area contributed by atoms with Crippen molar-refractivity contribution in [2.75, 3.05) is 65.8 Å². The van der Waals surface area contributed by atoms with Crippen molar-refractivity contribution in [1.82, 2.24) is 9.80 Å². The molecule has 2 heterocycles. The summed E-state index contributed by atoms with van der Waals surface area (Å²) in [4.78, 5) is 27.7. The Bertz CT molecular complexity index is 1570. The van der Waals surface area contributed by atoms with Crippen LogP contribution < -0.4 is 0 Å². The minimum Gasteiger partial charge on any atom is -0.445 e. The summed E-state index contributed by atoms with van der Waals surface area (Å²) in [7, 11) is 0. The topological polar surface area (TPSA) is 77.5 Å². The van der Waals surface area contributed by atoms with E-state index in [1.807, 2.05) is 13.8 Å². The van der Waals surface area contributed by atoms with Crippen molar-refractivity contribution in [3.8, 4) is 0 Å². The van der Waals surface area contributed by atoms with Gasteiger partial charge in [-0.25, -0.2) is 9.59 Å². The number of morpholine rings is 2. The van der Waals surface area contributed by atoms with Gasteiger partial charge in [-0.1, -0.05) is 143 Å². The summed E-state index contributed by atoms with van der Waals surface area (Å²) in [5, 5.41) is 0. The summed E-state index contributed by atoms with van der Waals surface area (Å²) < 4.78 is 21.4. The lowest BCUT2D eigenvalue weighted by molar-refractivity contribution is 0.0294. The zero-order valence-electron chi connectivity index (χ0n) is 36.6. The van der Waals surface area contributed by atoms with Crippen molar-refractivity contribution in [1.29, 1.82) is 0 Å². The van der Waals surface area contributed by atoms with Crippen molar-refractivity contribution < 1.29 is 28.5 Å². The molecule has 0 aromatic carbocycles. The number of ether oxygens (including phenoxy) is 4. The van der Waals surface area contributed by atoms with E-state index in [-0.39, 0.29) is 12.2 Å². The highest BCUT2D eigenvalue weighted by Crippen LogP contribution is 2.11. The van der Waals surface area contributed by atoms with E-state index < -0.39 is 0 Å². The van der Waals surface area contributed by atoms with Crippen LogP contribution in [-0.4, -0.2) is 87.8 Å². The second-order valence-corrected chi connectivity index (χ2v) is 15.0. The van der Waals surface area contributed by atoms with Gasteiger partial charge in [0.05, 0.1) is 26.4 Å². The lowest BCUT2D eigenvalue weighted by atomic mass is 10.1. The fourth-order valence-corrected chi connectivity index (χ4v) is 5.47. The molecule has 2 amide bonds. The number of hydrogen-bond acceptors (Lipinski definition) is 6. The van der Waals surface area contributed by atoms with E-state index in [1.165, 1.54) is 33.4 Å². The molecule has 0 N–H and O–H groups in total. The molecule has 58 heavy (non-hydrogen) atoms. The first-order valence-electron chi connectivity index (χ1n) is 20.6. The minimum absolute atomic E-state index is 0.262. The molecule has 2 aliphatic rings. The smallest absolute Gasteiger partial charge is 0.410 e. The van der Waals surface area contributed by atoms with Gasteiger partial charge in [-0.05, 0) is 92.2 Å². The molecule has 8 nitrogen and oxygen atoms in total. The first kappa shape index (κ1) is 49.2. The van der Waals surface area contributed by atoms with Crippen LogP contribution in [0.25, 0.3) is 0 Å². The largest absolute Gasteiger partial charge is 0.445 e. The van der Waals surface area contributed by atoms with Crippen LogP contribution in [-0.2, 0) is 18.9 Å². The number of nitrogens with zero attached hydrogens (tertiary/aromatic N) is 2. The molecule has 2 fully saturated rings. The average Bonchev–Trinajstić information content (AvgIpc) is 3.21. The summed E-state index contributed by atoms with van der Waals surface area (Å²) in [6.07, 6.45) is 41.2. The number of carbonyl (C=O) groups is 2. The Hall–Kier alpha value is -4.92. The number of amides is 2. The van der Waals surface area contributed by atoms with Crippen LogP contribution in [0.4, 0.5) is 9.59 Å². The minimum atomic E-state index is -0.262. The SMILES string of the molecule is CC(C=CC=C(C)C=CC=C(C)CCC=C(C)COC(=O)N1CCOCC1)=CC=CC=C(C)C=CC=C(C)C=CC=C(C)CCC=C(C)COC(=O)N1CCOCC1. The zero-order valence-corrected chi connectivity index (χ0v) is 36.6. The Balaban J connectivity index is 1.67. The van der Waals surface area contributed by atoms with Crippen molar-refractivity contribution in [3.05, 3.63) is 154 Å². The van der Waals surface area contributed by atoms with Crippen LogP contribution in [0.3, 0.4) is 0 Å². The van der Waals surface area contributed by atoms with Crippen LogP contribution in [0.5, 0.6) is 0 Å². The van der Waals surface area contributed by atoms with Gasteiger partial charge >= 0.3 is 12.2 Å². The first-order chi connectivity index (χ1) is 27.9. The predicted octanol–water partition coefficient (Wildman–Crippen LogP) is 11.8. The molecule has 0 unspecified atom stereocenters. The van der Waals surface area contributed by atoms with Gasteiger partial charge in [0.25, 0.3) is 0 Å². The fraction of sp³-hybridized carbons (Fsp3) is 0.440. The fourth-order valence-electron chi connectivity index (χ4n) is 5.47. The maximum absolute atomic E-state index is 12.1. The monoisotopic (exact) mass is 795 g/mol. The Morgan fingerprint density at radius 3 is 1.10 bits per heavy atom. The van der Waals surface area contributed by atoms with Gasteiger partial charge in [0, 0.05) is 26.2 Å². The highest BCUT2D eigenvalue weighted by molar-refractivity contribution is 5.68. The summed E-state index contributed by atoms with van der Waals surface area (Å²) >= 11 is 0. The third-order valence-electron chi connectivity index (χ3n) is 9.19. The summed E-state index contributed by atoms with van der Waals surface area (Å²) in [6, 6.07) is 0. The summed E-state index contributed by atoms with van der Waals surface area (Å²) in [5.41, 5.74) is 9.42. The Morgan fingerprint density at radius 2 is 0.759 bits per heavy atom. The molecule has 8 heteroatoms. The van der Waals surface area contributed by atoms with Gasteiger partial charge in [-0.15, -0.1) is 0 Å².